The number of para-hydroxylation sites is 1. The van der Waals surface area contributed by atoms with E-state index in [1.165, 1.54) is 28.6 Å². The Labute approximate surface area is 204 Å². The Kier molecular flexibility index (Phi) is 8.45. The Bertz CT molecular complexity index is 1270. The van der Waals surface area contributed by atoms with Gasteiger partial charge in [0.05, 0.1) is 17.3 Å². The van der Waals surface area contributed by atoms with Gasteiger partial charge in [-0.1, -0.05) is 54.1 Å². The second-order valence-electron chi connectivity index (χ2n) is 7.18. The highest BCUT2D eigenvalue weighted by Gasteiger charge is 2.27. The van der Waals surface area contributed by atoms with E-state index in [0.29, 0.717) is 11.3 Å². The fourth-order valence-corrected chi connectivity index (χ4v) is 5.10. The quantitative estimate of drug-likeness (QED) is 0.328. The molecule has 0 fully saturated rings. The maximum Gasteiger partial charge on any atom is 0.266 e. The van der Waals surface area contributed by atoms with Crippen LogP contribution in [0.3, 0.4) is 0 Å². The van der Waals surface area contributed by atoms with Crippen molar-refractivity contribution in [3.05, 3.63) is 108 Å². The molecule has 3 aromatic carbocycles. The van der Waals surface area contributed by atoms with E-state index >= 15 is 0 Å². The molecule has 0 atom stereocenters. The number of rotatable bonds is 10. The fraction of sp³-hybridized carbons (Fsp3) is 0.120. The zero-order valence-corrected chi connectivity index (χ0v) is 19.9. The van der Waals surface area contributed by atoms with E-state index in [1.54, 1.807) is 54.6 Å². The van der Waals surface area contributed by atoms with Gasteiger partial charge >= 0.3 is 0 Å². The number of nitrogens with zero attached hydrogens (tertiary/aromatic N) is 1. The second-order valence-corrected chi connectivity index (χ2v) is 9.42. The summed E-state index contributed by atoms with van der Waals surface area (Å²) in [5.41, 5.74) is 1.09. The predicted molar refractivity (Wildman–Crippen MR) is 134 cm³/mol. The normalized spacial score (nSPS) is 10.9. The lowest BCUT2D eigenvalue weighted by atomic mass is 10.2. The van der Waals surface area contributed by atoms with Gasteiger partial charge in [0, 0.05) is 24.2 Å². The summed E-state index contributed by atoms with van der Waals surface area (Å²) in [5, 5.41) is 5.38. The lowest BCUT2D eigenvalue weighted by Crippen LogP contribution is -2.35. The van der Waals surface area contributed by atoms with Gasteiger partial charge in [0.1, 0.15) is 4.90 Å². The van der Waals surface area contributed by atoms with Crippen LogP contribution < -0.4 is 14.9 Å². The van der Waals surface area contributed by atoms with Gasteiger partial charge < -0.3 is 10.6 Å². The van der Waals surface area contributed by atoms with Crippen molar-refractivity contribution in [3.8, 4) is 0 Å². The summed E-state index contributed by atoms with van der Waals surface area (Å²) < 4.78 is 28.0. The highest BCUT2D eigenvalue weighted by Crippen LogP contribution is 2.29. The first-order chi connectivity index (χ1) is 16.3. The van der Waals surface area contributed by atoms with E-state index in [9.17, 15) is 18.0 Å². The van der Waals surface area contributed by atoms with Gasteiger partial charge in [-0.05, 0) is 42.5 Å². The maximum absolute atomic E-state index is 13.4. The largest absolute Gasteiger partial charge is 0.350 e. The monoisotopic (exact) mass is 497 g/mol. The number of carbonyl (C=O) groups is 2. The van der Waals surface area contributed by atoms with Crippen LogP contribution in [0.5, 0.6) is 0 Å². The number of amides is 2. The van der Waals surface area contributed by atoms with E-state index in [4.69, 9.17) is 11.6 Å². The molecule has 34 heavy (non-hydrogen) atoms. The molecule has 0 aliphatic heterocycles. The number of nitrogens with one attached hydrogen (secondary N) is 2. The molecule has 0 spiro atoms. The summed E-state index contributed by atoms with van der Waals surface area (Å²) in [6.07, 6.45) is 1.47. The number of hydrogen-bond donors (Lipinski definition) is 2. The summed E-state index contributed by atoms with van der Waals surface area (Å²) >= 11 is 6.23. The van der Waals surface area contributed by atoms with Gasteiger partial charge in [-0.15, -0.1) is 6.58 Å². The molecule has 0 radical (unpaired) electrons. The Morgan fingerprint density at radius 2 is 1.41 bits per heavy atom. The van der Waals surface area contributed by atoms with Crippen molar-refractivity contribution in [1.82, 2.24) is 10.6 Å². The minimum absolute atomic E-state index is 0.00309. The molecular formula is C25H24ClN3O4S. The average Bonchev–Trinajstić information content (AvgIpc) is 2.86. The van der Waals surface area contributed by atoms with Gasteiger partial charge in [0.15, 0.2) is 0 Å². The van der Waals surface area contributed by atoms with Gasteiger partial charge in [-0.3, -0.25) is 13.9 Å². The molecule has 0 saturated heterocycles. The van der Waals surface area contributed by atoms with Crippen LogP contribution in [0.1, 0.15) is 20.7 Å². The second kappa shape index (κ2) is 11.5. The molecule has 0 aromatic heterocycles. The lowest BCUT2D eigenvalue weighted by molar-refractivity contribution is 0.0927. The van der Waals surface area contributed by atoms with E-state index in [0.717, 1.165) is 0 Å². The molecule has 9 heteroatoms. The molecule has 3 rings (SSSR count). The smallest absolute Gasteiger partial charge is 0.266 e. The van der Waals surface area contributed by atoms with Crippen molar-refractivity contribution in [1.29, 1.82) is 0 Å². The van der Waals surface area contributed by atoms with Crippen LogP contribution in [0.4, 0.5) is 5.69 Å². The zero-order chi connectivity index (χ0) is 24.6. The van der Waals surface area contributed by atoms with Crippen LogP contribution in [0.2, 0.25) is 5.02 Å². The molecular weight excluding hydrogens is 474 g/mol. The summed E-state index contributed by atoms with van der Waals surface area (Å²) in [6.45, 7) is 4.04. The Hall–Kier alpha value is -3.62. The SMILES string of the molecule is C=CCN(c1ccccc1)S(=O)(=O)c1cc(C(=O)NCCNC(=O)c2ccccc2)ccc1Cl. The van der Waals surface area contributed by atoms with Crippen LogP contribution in [0.25, 0.3) is 0 Å². The molecule has 0 bridgehead atoms. The summed E-state index contributed by atoms with van der Waals surface area (Å²) in [7, 11) is -4.08. The minimum Gasteiger partial charge on any atom is -0.350 e. The van der Waals surface area contributed by atoms with Crippen molar-refractivity contribution in [2.24, 2.45) is 0 Å². The lowest BCUT2D eigenvalue weighted by Gasteiger charge is -2.24. The molecule has 0 saturated carbocycles. The molecule has 7 nitrogen and oxygen atoms in total. The zero-order valence-electron chi connectivity index (χ0n) is 18.3. The number of hydrogen-bond acceptors (Lipinski definition) is 4. The first kappa shape index (κ1) is 25.0. The Balaban J connectivity index is 1.71. The average molecular weight is 498 g/mol. The first-order valence-corrected chi connectivity index (χ1v) is 12.3. The molecule has 176 valence electrons. The van der Waals surface area contributed by atoms with Crippen molar-refractivity contribution in [2.45, 2.75) is 4.90 Å². The molecule has 0 aliphatic carbocycles. The third-order valence-corrected chi connectivity index (χ3v) is 7.11. The number of anilines is 1. The van der Waals surface area contributed by atoms with Gasteiger partial charge in [0.25, 0.3) is 21.8 Å². The number of sulfonamides is 1. The van der Waals surface area contributed by atoms with Crippen molar-refractivity contribution in [2.75, 3.05) is 23.9 Å². The van der Waals surface area contributed by atoms with Gasteiger partial charge in [-0.2, -0.15) is 0 Å². The summed E-state index contributed by atoms with van der Waals surface area (Å²) in [5.74, 6) is -0.741. The Morgan fingerprint density at radius 1 is 0.853 bits per heavy atom. The first-order valence-electron chi connectivity index (χ1n) is 10.4. The van der Waals surface area contributed by atoms with Crippen LogP contribution in [0.15, 0.2) is 96.4 Å². The van der Waals surface area contributed by atoms with Crippen LogP contribution in [-0.2, 0) is 10.0 Å². The third kappa shape index (κ3) is 6.03. The highest BCUT2D eigenvalue weighted by molar-refractivity contribution is 7.93. The van der Waals surface area contributed by atoms with E-state index in [1.807, 2.05) is 6.07 Å². The summed E-state index contributed by atoms with van der Waals surface area (Å²) in [4.78, 5) is 24.5. The van der Waals surface area contributed by atoms with Crippen LogP contribution >= 0.6 is 11.6 Å². The third-order valence-electron chi connectivity index (χ3n) is 4.83. The maximum atomic E-state index is 13.4. The molecule has 0 unspecified atom stereocenters. The molecule has 0 heterocycles. The standard InChI is InChI=1S/C25H24ClN3O4S/c1-2-17-29(21-11-7-4-8-12-21)34(32,33)23-18-20(13-14-22(23)26)25(31)28-16-15-27-24(30)19-9-5-3-6-10-19/h2-14,18H,1,15-17H2,(H,27,30)(H,28,31). The topological polar surface area (TPSA) is 95.6 Å². The molecule has 2 N–H and O–H groups in total. The number of carbonyl (C=O) groups excluding carboxylic acids is 2. The van der Waals surface area contributed by atoms with E-state index < -0.39 is 15.9 Å². The molecule has 2 amide bonds. The number of halogens is 1. The van der Waals surface area contributed by atoms with E-state index in [-0.39, 0.29) is 41.0 Å². The van der Waals surface area contributed by atoms with Crippen molar-refractivity contribution < 1.29 is 18.0 Å². The number of benzene rings is 3. The highest BCUT2D eigenvalue weighted by atomic mass is 35.5. The Morgan fingerprint density at radius 3 is 2.00 bits per heavy atom. The van der Waals surface area contributed by atoms with Crippen LogP contribution in [-0.4, -0.2) is 39.9 Å². The molecule has 0 aliphatic rings. The van der Waals surface area contributed by atoms with Gasteiger partial charge in [0.2, 0.25) is 0 Å². The van der Waals surface area contributed by atoms with E-state index in [2.05, 4.69) is 17.2 Å². The summed E-state index contributed by atoms with van der Waals surface area (Å²) in [6, 6.07) is 21.3. The fourth-order valence-electron chi connectivity index (χ4n) is 3.16. The van der Waals surface area contributed by atoms with Crippen molar-refractivity contribution >= 4 is 39.1 Å². The molecule has 3 aromatic rings. The predicted octanol–water partition coefficient (Wildman–Crippen LogP) is 3.88. The van der Waals surface area contributed by atoms with Crippen molar-refractivity contribution in [3.63, 3.8) is 0 Å². The van der Waals surface area contributed by atoms with Crippen LogP contribution in [0, 0.1) is 0 Å². The minimum atomic E-state index is -4.08. The van der Waals surface area contributed by atoms with Gasteiger partial charge in [-0.25, -0.2) is 8.42 Å².